The number of nitrogens with zero attached hydrogens (tertiary/aromatic N) is 3. The first-order valence-corrected chi connectivity index (χ1v) is 11.5. The Morgan fingerprint density at radius 3 is 2.55 bits per heavy atom. The molecule has 1 aliphatic carbocycles. The van der Waals surface area contributed by atoms with Crippen molar-refractivity contribution in [2.45, 2.75) is 58.5 Å². The summed E-state index contributed by atoms with van der Waals surface area (Å²) in [6.07, 6.45) is 6.03. The van der Waals surface area contributed by atoms with Crippen LogP contribution in [0.3, 0.4) is 0 Å². The zero-order chi connectivity index (χ0) is 21.5. The SMILES string of the molecule is CCn1cc(-c2ccc3c(c2)C(Nc2ccccc2)[C@@H](C)[C@H](C2CC2)N3C(C)O)cn1. The van der Waals surface area contributed by atoms with Gasteiger partial charge >= 0.3 is 0 Å². The maximum absolute atomic E-state index is 10.8. The molecule has 1 fully saturated rings. The Labute approximate surface area is 184 Å². The van der Waals surface area contributed by atoms with E-state index in [0.717, 1.165) is 23.5 Å². The molecule has 5 heteroatoms. The molecule has 1 aliphatic heterocycles. The van der Waals surface area contributed by atoms with Crippen LogP contribution in [-0.2, 0) is 6.54 Å². The van der Waals surface area contributed by atoms with Gasteiger partial charge in [0.05, 0.1) is 12.2 Å². The minimum atomic E-state index is -0.516. The molecule has 162 valence electrons. The molecule has 31 heavy (non-hydrogen) atoms. The Bertz CT molecular complexity index is 1040. The van der Waals surface area contributed by atoms with Gasteiger partial charge in [-0.3, -0.25) is 4.68 Å². The van der Waals surface area contributed by atoms with Gasteiger partial charge in [0, 0.05) is 41.6 Å². The quantitative estimate of drug-likeness (QED) is 0.573. The maximum Gasteiger partial charge on any atom is 0.124 e. The first-order chi connectivity index (χ1) is 15.1. The average molecular weight is 417 g/mol. The van der Waals surface area contributed by atoms with Crippen LogP contribution in [0.25, 0.3) is 11.1 Å². The molecule has 1 saturated carbocycles. The van der Waals surface area contributed by atoms with Crippen molar-refractivity contribution in [3.05, 3.63) is 66.5 Å². The van der Waals surface area contributed by atoms with E-state index in [-0.39, 0.29) is 6.04 Å². The Morgan fingerprint density at radius 2 is 1.90 bits per heavy atom. The van der Waals surface area contributed by atoms with Crippen molar-refractivity contribution >= 4 is 11.4 Å². The highest BCUT2D eigenvalue weighted by atomic mass is 16.3. The molecule has 1 aromatic heterocycles. The molecule has 2 N–H and O–H groups in total. The topological polar surface area (TPSA) is 53.3 Å². The van der Waals surface area contributed by atoms with Crippen molar-refractivity contribution in [2.24, 2.45) is 11.8 Å². The van der Waals surface area contributed by atoms with Crippen LogP contribution in [0, 0.1) is 11.8 Å². The molecule has 0 amide bonds. The molecule has 0 radical (unpaired) electrons. The lowest BCUT2D eigenvalue weighted by atomic mass is 9.79. The highest BCUT2D eigenvalue weighted by molar-refractivity contribution is 5.71. The van der Waals surface area contributed by atoms with Crippen LogP contribution < -0.4 is 10.2 Å². The summed E-state index contributed by atoms with van der Waals surface area (Å²) in [7, 11) is 0. The van der Waals surface area contributed by atoms with Crippen molar-refractivity contribution < 1.29 is 5.11 Å². The summed E-state index contributed by atoms with van der Waals surface area (Å²) in [5.41, 5.74) is 5.82. The fourth-order valence-electron chi connectivity index (χ4n) is 5.27. The number of anilines is 2. The second-order valence-corrected chi connectivity index (χ2v) is 9.07. The summed E-state index contributed by atoms with van der Waals surface area (Å²) in [6, 6.07) is 17.6. The van der Waals surface area contributed by atoms with Crippen LogP contribution in [0.2, 0.25) is 0 Å². The minimum Gasteiger partial charge on any atom is -0.378 e. The van der Waals surface area contributed by atoms with Crippen molar-refractivity contribution in [2.75, 3.05) is 10.2 Å². The lowest BCUT2D eigenvalue weighted by Gasteiger charge is -2.48. The molecule has 2 heterocycles. The van der Waals surface area contributed by atoms with Gasteiger partial charge in [-0.25, -0.2) is 0 Å². The smallest absolute Gasteiger partial charge is 0.124 e. The zero-order valence-corrected chi connectivity index (χ0v) is 18.6. The Hall–Kier alpha value is -2.79. The van der Waals surface area contributed by atoms with E-state index in [9.17, 15) is 5.11 Å². The highest BCUT2D eigenvalue weighted by Crippen LogP contribution is 2.51. The monoisotopic (exact) mass is 416 g/mol. The number of hydrogen-bond donors (Lipinski definition) is 2. The Balaban J connectivity index is 1.61. The predicted octanol–water partition coefficient (Wildman–Crippen LogP) is 5.30. The highest BCUT2D eigenvalue weighted by Gasteiger charge is 2.47. The number of nitrogens with one attached hydrogen (secondary N) is 1. The number of hydrogen-bond acceptors (Lipinski definition) is 4. The Morgan fingerprint density at radius 1 is 1.13 bits per heavy atom. The first-order valence-electron chi connectivity index (χ1n) is 11.5. The molecule has 3 aromatic rings. The van der Waals surface area contributed by atoms with Gasteiger partial charge in [0.15, 0.2) is 0 Å². The standard InChI is InChI=1S/C26H32N4O/c1-4-29-16-21(15-27-29)20-12-13-24-23(14-20)25(28-22-8-6-5-7-9-22)17(2)26(19-10-11-19)30(24)18(3)31/h5-9,12-19,25-26,28,31H,4,10-11H2,1-3H3/t17-,18?,25?,26-/m1/s1. The molecular weight excluding hydrogens is 384 g/mol. The normalized spacial score (nSPS) is 24.0. The molecular formula is C26H32N4O. The van der Waals surface area contributed by atoms with E-state index >= 15 is 0 Å². The summed E-state index contributed by atoms with van der Waals surface area (Å²) >= 11 is 0. The number of rotatable bonds is 6. The summed E-state index contributed by atoms with van der Waals surface area (Å²) in [5.74, 6) is 1.02. The predicted molar refractivity (Wildman–Crippen MR) is 126 cm³/mol. The molecule has 0 bridgehead atoms. The second kappa shape index (κ2) is 8.04. The summed E-state index contributed by atoms with van der Waals surface area (Å²) in [6.45, 7) is 7.20. The lowest BCUT2D eigenvalue weighted by Crippen LogP contribution is -2.52. The first kappa shape index (κ1) is 20.1. The summed E-state index contributed by atoms with van der Waals surface area (Å²) < 4.78 is 1.96. The van der Waals surface area contributed by atoms with Crippen LogP contribution in [0.5, 0.6) is 0 Å². The van der Waals surface area contributed by atoms with E-state index < -0.39 is 6.23 Å². The molecule has 5 nitrogen and oxygen atoms in total. The lowest BCUT2D eigenvalue weighted by molar-refractivity contribution is 0.151. The van der Waals surface area contributed by atoms with Crippen molar-refractivity contribution in [1.29, 1.82) is 0 Å². The number of aromatic nitrogens is 2. The van der Waals surface area contributed by atoms with Crippen molar-refractivity contribution in [3.63, 3.8) is 0 Å². The fourth-order valence-corrected chi connectivity index (χ4v) is 5.27. The van der Waals surface area contributed by atoms with E-state index in [2.05, 4.69) is 83.9 Å². The van der Waals surface area contributed by atoms with Gasteiger partial charge in [0.1, 0.15) is 6.23 Å². The molecule has 5 rings (SSSR count). The molecule has 0 saturated heterocycles. The van der Waals surface area contributed by atoms with Crippen LogP contribution in [0.1, 0.15) is 45.2 Å². The van der Waals surface area contributed by atoms with E-state index in [1.165, 1.54) is 24.0 Å². The van der Waals surface area contributed by atoms with Gasteiger partial charge in [-0.15, -0.1) is 0 Å². The molecule has 4 atom stereocenters. The van der Waals surface area contributed by atoms with Gasteiger partial charge < -0.3 is 15.3 Å². The van der Waals surface area contributed by atoms with Crippen molar-refractivity contribution in [3.8, 4) is 11.1 Å². The number of para-hydroxylation sites is 1. The van der Waals surface area contributed by atoms with Crippen molar-refractivity contribution in [1.82, 2.24) is 9.78 Å². The van der Waals surface area contributed by atoms with Crippen LogP contribution in [0.15, 0.2) is 60.9 Å². The van der Waals surface area contributed by atoms with Crippen LogP contribution >= 0.6 is 0 Å². The van der Waals surface area contributed by atoms with Gasteiger partial charge in [0.2, 0.25) is 0 Å². The summed E-state index contributed by atoms with van der Waals surface area (Å²) in [4.78, 5) is 2.26. The van der Waals surface area contributed by atoms with E-state index in [1.54, 1.807) is 0 Å². The third kappa shape index (κ3) is 3.72. The number of benzene rings is 2. The van der Waals surface area contributed by atoms with Gasteiger partial charge in [0.25, 0.3) is 0 Å². The van der Waals surface area contributed by atoms with Crippen LogP contribution in [0.4, 0.5) is 11.4 Å². The van der Waals surface area contributed by atoms with E-state index in [0.29, 0.717) is 17.9 Å². The van der Waals surface area contributed by atoms with E-state index in [4.69, 9.17) is 0 Å². The summed E-state index contributed by atoms with van der Waals surface area (Å²) in [5, 5.41) is 19.1. The second-order valence-electron chi connectivity index (χ2n) is 9.07. The third-order valence-corrected chi connectivity index (χ3v) is 6.92. The largest absolute Gasteiger partial charge is 0.378 e. The number of aliphatic hydroxyl groups is 1. The van der Waals surface area contributed by atoms with E-state index in [1.807, 2.05) is 17.8 Å². The number of aliphatic hydroxyl groups excluding tert-OH is 1. The van der Waals surface area contributed by atoms with Gasteiger partial charge in [-0.1, -0.05) is 31.2 Å². The molecule has 0 spiro atoms. The minimum absolute atomic E-state index is 0.180. The molecule has 2 aromatic carbocycles. The maximum atomic E-state index is 10.8. The van der Waals surface area contributed by atoms with Gasteiger partial charge in [-0.2, -0.15) is 5.10 Å². The number of aryl methyl sites for hydroxylation is 1. The fraction of sp³-hybridized carbons (Fsp3) is 0.423. The molecule has 2 aliphatic rings. The molecule has 2 unspecified atom stereocenters. The zero-order valence-electron chi connectivity index (χ0n) is 18.6. The van der Waals surface area contributed by atoms with Crippen LogP contribution in [-0.4, -0.2) is 27.2 Å². The average Bonchev–Trinajstić information content (AvgIpc) is 3.50. The number of fused-ring (bicyclic) bond motifs is 1. The Kier molecular flexibility index (Phi) is 5.22. The third-order valence-electron chi connectivity index (χ3n) is 6.92. The van der Waals surface area contributed by atoms with Gasteiger partial charge in [-0.05, 0) is 68.0 Å².